The van der Waals surface area contributed by atoms with E-state index in [0.29, 0.717) is 25.4 Å². The van der Waals surface area contributed by atoms with Crippen LogP contribution in [0.5, 0.6) is 0 Å². The average molecular weight is 352 g/mol. The van der Waals surface area contributed by atoms with Gasteiger partial charge in [0.1, 0.15) is 5.65 Å². The molecular weight excluding hydrogens is 328 g/mol. The summed E-state index contributed by atoms with van der Waals surface area (Å²) in [7, 11) is -1.85. The Hall–Kier alpha value is -1.48. The van der Waals surface area contributed by atoms with Crippen LogP contribution in [0.2, 0.25) is 0 Å². The Labute approximate surface area is 142 Å². The van der Waals surface area contributed by atoms with Gasteiger partial charge >= 0.3 is 0 Å². The van der Waals surface area contributed by atoms with Crippen molar-refractivity contribution in [3.8, 4) is 0 Å². The predicted octanol–water partition coefficient (Wildman–Crippen LogP) is 1.34. The van der Waals surface area contributed by atoms with Crippen LogP contribution in [0.1, 0.15) is 24.2 Å². The molecule has 0 bridgehead atoms. The maximum absolute atomic E-state index is 12.5. The number of pyridine rings is 1. The van der Waals surface area contributed by atoms with Crippen molar-refractivity contribution in [3.05, 3.63) is 35.8 Å². The third kappa shape index (κ3) is 3.77. The number of rotatable bonds is 6. The molecule has 0 spiro atoms. The first kappa shape index (κ1) is 17.3. The van der Waals surface area contributed by atoms with Gasteiger partial charge in [-0.1, -0.05) is 6.07 Å². The second-order valence-corrected chi connectivity index (χ2v) is 8.03. The molecule has 1 fully saturated rings. The maximum atomic E-state index is 12.5. The van der Waals surface area contributed by atoms with E-state index in [9.17, 15) is 8.42 Å². The number of nitrogens with zero attached hydrogens (tertiary/aromatic N) is 3. The lowest BCUT2D eigenvalue weighted by atomic mass is 10.0. The molecule has 1 aliphatic rings. The van der Waals surface area contributed by atoms with Crippen molar-refractivity contribution in [2.24, 2.45) is 5.92 Å². The highest BCUT2D eigenvalue weighted by atomic mass is 32.2. The Balaban J connectivity index is 1.66. The molecule has 7 nitrogen and oxygen atoms in total. The summed E-state index contributed by atoms with van der Waals surface area (Å²) in [4.78, 5) is 4.46. The largest absolute Gasteiger partial charge is 0.384 e. The number of imidazole rings is 1. The minimum absolute atomic E-state index is 0.189. The van der Waals surface area contributed by atoms with E-state index in [1.807, 2.05) is 35.7 Å². The number of hydrogen-bond donors (Lipinski definition) is 1. The van der Waals surface area contributed by atoms with Crippen LogP contribution >= 0.6 is 0 Å². The second kappa shape index (κ2) is 7.18. The highest BCUT2D eigenvalue weighted by Gasteiger charge is 2.28. The SMILES string of the molecule is COCC1CCCN(S(=O)(=O)NCc2cn3c(C)cccc3n2)C1. The standard InChI is InChI=1S/C16H24N4O3S/c1-13-5-3-7-16-18-15(11-20(13)16)9-17-24(21,22)19-8-4-6-14(10-19)12-23-2/h3,5,7,11,14,17H,4,6,8-10,12H2,1-2H3. The average Bonchev–Trinajstić information content (AvgIpc) is 2.98. The minimum atomic E-state index is -3.50. The van der Waals surface area contributed by atoms with E-state index in [4.69, 9.17) is 4.74 Å². The summed E-state index contributed by atoms with van der Waals surface area (Å²) in [5.41, 5.74) is 2.59. The molecule has 0 aromatic carbocycles. The number of ether oxygens (including phenoxy) is 1. The number of aryl methyl sites for hydroxylation is 1. The van der Waals surface area contributed by atoms with E-state index in [-0.39, 0.29) is 12.5 Å². The van der Waals surface area contributed by atoms with E-state index in [1.54, 1.807) is 7.11 Å². The Kier molecular flexibility index (Phi) is 5.19. The second-order valence-electron chi connectivity index (χ2n) is 6.28. The van der Waals surface area contributed by atoms with E-state index < -0.39 is 10.2 Å². The fraction of sp³-hybridized carbons (Fsp3) is 0.562. The zero-order valence-corrected chi connectivity index (χ0v) is 14.9. The van der Waals surface area contributed by atoms with Crippen LogP contribution in [0.15, 0.2) is 24.4 Å². The van der Waals surface area contributed by atoms with Crippen molar-refractivity contribution in [1.82, 2.24) is 18.4 Å². The summed E-state index contributed by atoms with van der Waals surface area (Å²) < 4.78 is 36.4. The lowest BCUT2D eigenvalue weighted by Gasteiger charge is -2.31. The van der Waals surface area contributed by atoms with Crippen molar-refractivity contribution in [2.45, 2.75) is 26.3 Å². The van der Waals surface area contributed by atoms with Crippen LogP contribution in [0, 0.1) is 12.8 Å². The van der Waals surface area contributed by atoms with Crippen molar-refractivity contribution in [3.63, 3.8) is 0 Å². The maximum Gasteiger partial charge on any atom is 0.279 e. The van der Waals surface area contributed by atoms with Gasteiger partial charge in [0.25, 0.3) is 10.2 Å². The lowest BCUT2D eigenvalue weighted by Crippen LogP contribution is -2.46. The highest BCUT2D eigenvalue weighted by molar-refractivity contribution is 7.87. The summed E-state index contributed by atoms with van der Waals surface area (Å²) in [6.07, 6.45) is 3.74. The van der Waals surface area contributed by atoms with E-state index >= 15 is 0 Å². The number of piperidine rings is 1. The number of aromatic nitrogens is 2. The molecule has 2 aromatic rings. The molecule has 8 heteroatoms. The normalized spacial score (nSPS) is 19.8. The number of hydrogen-bond acceptors (Lipinski definition) is 4. The van der Waals surface area contributed by atoms with Gasteiger partial charge in [-0.2, -0.15) is 17.4 Å². The monoisotopic (exact) mass is 352 g/mol. The minimum Gasteiger partial charge on any atom is -0.384 e. The van der Waals surface area contributed by atoms with Gasteiger partial charge in [-0.3, -0.25) is 0 Å². The summed E-state index contributed by atoms with van der Waals surface area (Å²) >= 11 is 0. The van der Waals surface area contributed by atoms with Gasteiger partial charge in [0.05, 0.1) is 18.8 Å². The van der Waals surface area contributed by atoms with Gasteiger partial charge < -0.3 is 9.14 Å². The summed E-state index contributed by atoms with van der Waals surface area (Å²) in [6, 6.07) is 5.84. The number of nitrogens with one attached hydrogen (secondary N) is 1. The Morgan fingerprint density at radius 1 is 1.42 bits per heavy atom. The van der Waals surface area contributed by atoms with Crippen molar-refractivity contribution < 1.29 is 13.2 Å². The van der Waals surface area contributed by atoms with Crippen molar-refractivity contribution >= 4 is 15.9 Å². The topological polar surface area (TPSA) is 75.9 Å². The molecule has 1 atom stereocenters. The van der Waals surface area contributed by atoms with Crippen LogP contribution in [-0.2, 0) is 21.5 Å². The van der Waals surface area contributed by atoms with Gasteiger partial charge in [-0.05, 0) is 37.8 Å². The fourth-order valence-electron chi connectivity index (χ4n) is 3.16. The molecule has 1 unspecified atom stereocenters. The van der Waals surface area contributed by atoms with Crippen molar-refractivity contribution in [1.29, 1.82) is 0 Å². The summed E-state index contributed by atoms with van der Waals surface area (Å²) in [6.45, 7) is 3.84. The first-order valence-corrected chi connectivity index (χ1v) is 9.61. The Bertz CT molecular complexity index is 801. The van der Waals surface area contributed by atoms with Crippen molar-refractivity contribution in [2.75, 3.05) is 26.8 Å². The molecule has 132 valence electrons. The molecule has 24 heavy (non-hydrogen) atoms. The number of fused-ring (bicyclic) bond motifs is 1. The summed E-state index contributed by atoms with van der Waals surface area (Å²) in [5, 5.41) is 0. The van der Waals surface area contributed by atoms with Gasteiger partial charge in [0, 0.05) is 32.1 Å². The number of methoxy groups -OCH3 is 1. The third-order valence-electron chi connectivity index (χ3n) is 4.41. The van der Waals surface area contributed by atoms with Crippen LogP contribution < -0.4 is 4.72 Å². The zero-order chi connectivity index (χ0) is 17.2. The lowest BCUT2D eigenvalue weighted by molar-refractivity contribution is 0.118. The third-order valence-corrected chi connectivity index (χ3v) is 5.93. The Morgan fingerprint density at radius 2 is 2.25 bits per heavy atom. The van der Waals surface area contributed by atoms with Gasteiger partial charge in [-0.25, -0.2) is 4.98 Å². The molecular formula is C16H24N4O3S. The summed E-state index contributed by atoms with van der Waals surface area (Å²) in [5.74, 6) is 0.262. The molecule has 0 amide bonds. The zero-order valence-electron chi connectivity index (χ0n) is 14.1. The molecule has 0 saturated carbocycles. The highest BCUT2D eigenvalue weighted by Crippen LogP contribution is 2.19. The van der Waals surface area contributed by atoms with Crippen LogP contribution in [0.25, 0.3) is 5.65 Å². The molecule has 0 radical (unpaired) electrons. The molecule has 3 rings (SSSR count). The molecule has 3 heterocycles. The van der Waals surface area contributed by atoms with Gasteiger partial charge in [-0.15, -0.1) is 0 Å². The van der Waals surface area contributed by atoms with Crippen LogP contribution in [-0.4, -0.2) is 48.9 Å². The van der Waals surface area contributed by atoms with Gasteiger partial charge in [0.15, 0.2) is 0 Å². The Morgan fingerprint density at radius 3 is 3.00 bits per heavy atom. The molecule has 1 saturated heterocycles. The molecule has 2 aromatic heterocycles. The van der Waals surface area contributed by atoms with E-state index in [1.165, 1.54) is 4.31 Å². The quantitative estimate of drug-likeness (QED) is 0.851. The van der Waals surface area contributed by atoms with E-state index in [0.717, 1.165) is 24.2 Å². The van der Waals surface area contributed by atoms with Crippen LogP contribution in [0.4, 0.5) is 0 Å². The first-order valence-electron chi connectivity index (χ1n) is 8.17. The smallest absolute Gasteiger partial charge is 0.279 e. The predicted molar refractivity (Wildman–Crippen MR) is 91.9 cm³/mol. The first-order chi connectivity index (χ1) is 11.5. The fourth-order valence-corrected chi connectivity index (χ4v) is 4.45. The van der Waals surface area contributed by atoms with E-state index in [2.05, 4.69) is 9.71 Å². The van der Waals surface area contributed by atoms with Crippen LogP contribution in [0.3, 0.4) is 0 Å². The molecule has 1 N–H and O–H groups in total. The molecule has 0 aliphatic carbocycles. The van der Waals surface area contributed by atoms with Gasteiger partial charge in [0.2, 0.25) is 0 Å². The molecule has 1 aliphatic heterocycles.